The van der Waals surface area contributed by atoms with Gasteiger partial charge in [0.25, 0.3) is 0 Å². The first-order chi connectivity index (χ1) is 9.25. The fourth-order valence-corrected chi connectivity index (χ4v) is 2.47. The molecule has 1 amide bonds. The van der Waals surface area contributed by atoms with E-state index in [2.05, 4.69) is 23.3 Å². The summed E-state index contributed by atoms with van der Waals surface area (Å²) in [6.45, 7) is 2.08. The Balaban J connectivity index is 1.76. The third kappa shape index (κ3) is 4.51. The summed E-state index contributed by atoms with van der Waals surface area (Å²) in [4.78, 5) is 15.9. The summed E-state index contributed by atoms with van der Waals surface area (Å²) in [5, 5.41) is 3.10. The molecule has 0 spiro atoms. The summed E-state index contributed by atoms with van der Waals surface area (Å²) >= 11 is 0. The van der Waals surface area contributed by atoms with Crippen molar-refractivity contribution >= 4 is 5.91 Å². The lowest BCUT2D eigenvalue weighted by atomic mass is 9.94. The number of carbonyl (C=O) groups is 1. The Kier molecular flexibility index (Phi) is 5.13. The van der Waals surface area contributed by atoms with Gasteiger partial charge in [-0.25, -0.2) is 0 Å². The van der Waals surface area contributed by atoms with Gasteiger partial charge in [0.05, 0.1) is 0 Å². The lowest BCUT2D eigenvalue weighted by Gasteiger charge is -2.20. The minimum absolute atomic E-state index is 0.135. The van der Waals surface area contributed by atoms with Crippen LogP contribution in [0.25, 0.3) is 0 Å². The second kappa shape index (κ2) is 7.07. The summed E-state index contributed by atoms with van der Waals surface area (Å²) in [5.74, 6) is 0.135. The minimum atomic E-state index is 0.135. The molecule has 0 saturated heterocycles. The number of aromatic nitrogens is 1. The quantitative estimate of drug-likeness (QED) is 0.825. The Morgan fingerprint density at radius 1 is 1.37 bits per heavy atom. The van der Waals surface area contributed by atoms with E-state index in [0.717, 1.165) is 24.8 Å². The van der Waals surface area contributed by atoms with Crippen molar-refractivity contribution in [1.82, 2.24) is 10.3 Å². The zero-order chi connectivity index (χ0) is 13.5. The molecule has 1 aromatic rings. The van der Waals surface area contributed by atoms with E-state index in [1.54, 1.807) is 12.4 Å². The predicted molar refractivity (Wildman–Crippen MR) is 76.7 cm³/mol. The molecule has 2 rings (SSSR count). The zero-order valence-corrected chi connectivity index (χ0v) is 11.6. The number of aryl methyl sites for hydroxylation is 1. The molecule has 3 heteroatoms. The van der Waals surface area contributed by atoms with E-state index in [4.69, 9.17) is 0 Å². The molecule has 1 N–H and O–H groups in total. The van der Waals surface area contributed by atoms with Crippen molar-refractivity contribution in [1.29, 1.82) is 0 Å². The lowest BCUT2D eigenvalue weighted by molar-refractivity contribution is -0.121. The molecule has 0 unspecified atom stereocenters. The Hall–Kier alpha value is -1.64. The highest BCUT2D eigenvalue weighted by Crippen LogP contribution is 2.20. The van der Waals surface area contributed by atoms with Crippen LogP contribution in [0.3, 0.4) is 0 Å². The SMILES string of the molecule is C[C@@H](NC(=O)CCc1ccncc1)C1=CCCCC1. The highest BCUT2D eigenvalue weighted by Gasteiger charge is 2.13. The van der Waals surface area contributed by atoms with E-state index >= 15 is 0 Å². The molecule has 3 nitrogen and oxygen atoms in total. The molecular weight excluding hydrogens is 236 g/mol. The van der Waals surface area contributed by atoms with Crippen molar-refractivity contribution in [3.05, 3.63) is 41.7 Å². The van der Waals surface area contributed by atoms with Gasteiger partial charge in [-0.1, -0.05) is 11.6 Å². The number of rotatable bonds is 5. The van der Waals surface area contributed by atoms with Gasteiger partial charge < -0.3 is 5.32 Å². The normalized spacial score (nSPS) is 16.6. The Morgan fingerprint density at radius 3 is 2.84 bits per heavy atom. The Labute approximate surface area is 115 Å². The second-order valence-electron chi connectivity index (χ2n) is 5.17. The number of amides is 1. The van der Waals surface area contributed by atoms with Crippen LogP contribution in [0.15, 0.2) is 36.2 Å². The van der Waals surface area contributed by atoms with Gasteiger partial charge in [0.2, 0.25) is 5.91 Å². The monoisotopic (exact) mass is 258 g/mol. The van der Waals surface area contributed by atoms with Gasteiger partial charge in [-0.15, -0.1) is 0 Å². The first kappa shape index (κ1) is 13.8. The van der Waals surface area contributed by atoms with Crippen LogP contribution in [-0.2, 0) is 11.2 Å². The van der Waals surface area contributed by atoms with E-state index < -0.39 is 0 Å². The molecule has 1 aliphatic rings. The third-order valence-corrected chi connectivity index (χ3v) is 3.65. The van der Waals surface area contributed by atoms with Crippen LogP contribution < -0.4 is 5.32 Å². The molecule has 0 saturated carbocycles. The molecule has 1 atom stereocenters. The fourth-order valence-electron chi connectivity index (χ4n) is 2.47. The van der Waals surface area contributed by atoms with E-state index in [0.29, 0.717) is 6.42 Å². The molecular formula is C16H22N2O. The maximum Gasteiger partial charge on any atom is 0.220 e. The summed E-state index contributed by atoms with van der Waals surface area (Å²) in [6, 6.07) is 4.10. The summed E-state index contributed by atoms with van der Waals surface area (Å²) in [6.07, 6.45) is 12.0. The first-order valence-electron chi connectivity index (χ1n) is 7.13. The molecule has 0 bridgehead atoms. The van der Waals surface area contributed by atoms with Crippen LogP contribution >= 0.6 is 0 Å². The van der Waals surface area contributed by atoms with Gasteiger partial charge in [-0.2, -0.15) is 0 Å². The number of pyridine rings is 1. The van der Waals surface area contributed by atoms with E-state index in [-0.39, 0.29) is 11.9 Å². The number of nitrogens with zero attached hydrogens (tertiary/aromatic N) is 1. The molecule has 1 aliphatic carbocycles. The molecule has 1 heterocycles. The predicted octanol–water partition coefficient (Wildman–Crippen LogP) is 3.02. The van der Waals surface area contributed by atoms with Crippen molar-refractivity contribution in [2.45, 2.75) is 51.5 Å². The van der Waals surface area contributed by atoms with Crippen LogP contribution in [0.2, 0.25) is 0 Å². The van der Waals surface area contributed by atoms with Crippen molar-refractivity contribution in [2.24, 2.45) is 0 Å². The van der Waals surface area contributed by atoms with Crippen LogP contribution in [-0.4, -0.2) is 16.9 Å². The van der Waals surface area contributed by atoms with Crippen molar-refractivity contribution in [3.63, 3.8) is 0 Å². The number of allylic oxidation sites excluding steroid dienone is 1. The van der Waals surface area contributed by atoms with E-state index in [9.17, 15) is 4.79 Å². The number of hydrogen-bond acceptors (Lipinski definition) is 2. The first-order valence-corrected chi connectivity index (χ1v) is 7.13. The minimum Gasteiger partial charge on any atom is -0.350 e. The Morgan fingerprint density at radius 2 is 2.16 bits per heavy atom. The summed E-state index contributed by atoms with van der Waals surface area (Å²) in [5.41, 5.74) is 2.55. The lowest BCUT2D eigenvalue weighted by Crippen LogP contribution is -2.34. The maximum absolute atomic E-state index is 11.9. The van der Waals surface area contributed by atoms with Gasteiger partial charge in [-0.05, 0) is 56.7 Å². The average Bonchev–Trinajstić information content (AvgIpc) is 2.47. The highest BCUT2D eigenvalue weighted by atomic mass is 16.1. The standard InChI is InChI=1S/C16H22N2O/c1-13(15-5-3-2-4-6-15)18-16(19)8-7-14-9-11-17-12-10-14/h5,9-13H,2-4,6-8H2,1H3,(H,18,19)/t13-/m1/s1. The van der Waals surface area contributed by atoms with Crippen molar-refractivity contribution < 1.29 is 4.79 Å². The second-order valence-corrected chi connectivity index (χ2v) is 5.17. The van der Waals surface area contributed by atoms with Gasteiger partial charge in [0, 0.05) is 24.9 Å². The van der Waals surface area contributed by atoms with Gasteiger partial charge in [0.1, 0.15) is 0 Å². The molecule has 1 aromatic heterocycles. The molecule has 0 aromatic carbocycles. The molecule has 19 heavy (non-hydrogen) atoms. The topological polar surface area (TPSA) is 42.0 Å². The number of hydrogen-bond donors (Lipinski definition) is 1. The van der Waals surface area contributed by atoms with Crippen molar-refractivity contribution in [2.75, 3.05) is 0 Å². The third-order valence-electron chi connectivity index (χ3n) is 3.65. The molecule has 0 fully saturated rings. The number of carbonyl (C=O) groups excluding carboxylic acids is 1. The van der Waals surface area contributed by atoms with Crippen molar-refractivity contribution in [3.8, 4) is 0 Å². The van der Waals surface area contributed by atoms with Crippen LogP contribution in [0.5, 0.6) is 0 Å². The highest BCUT2D eigenvalue weighted by molar-refractivity contribution is 5.76. The zero-order valence-electron chi connectivity index (χ0n) is 11.6. The fraction of sp³-hybridized carbons (Fsp3) is 0.500. The Bertz CT molecular complexity index is 439. The van der Waals surface area contributed by atoms with Gasteiger partial charge in [-0.3, -0.25) is 9.78 Å². The van der Waals surface area contributed by atoms with Gasteiger partial charge >= 0.3 is 0 Å². The molecule has 0 radical (unpaired) electrons. The summed E-state index contributed by atoms with van der Waals surface area (Å²) in [7, 11) is 0. The van der Waals surface area contributed by atoms with E-state index in [1.165, 1.54) is 18.4 Å². The van der Waals surface area contributed by atoms with Crippen LogP contribution in [0, 0.1) is 0 Å². The maximum atomic E-state index is 11.9. The van der Waals surface area contributed by atoms with Crippen LogP contribution in [0.1, 0.15) is 44.6 Å². The van der Waals surface area contributed by atoms with E-state index in [1.807, 2.05) is 12.1 Å². The number of nitrogens with one attached hydrogen (secondary N) is 1. The smallest absolute Gasteiger partial charge is 0.220 e. The molecule has 0 aliphatic heterocycles. The molecule has 102 valence electrons. The average molecular weight is 258 g/mol. The largest absolute Gasteiger partial charge is 0.350 e. The van der Waals surface area contributed by atoms with Crippen LogP contribution in [0.4, 0.5) is 0 Å². The van der Waals surface area contributed by atoms with Gasteiger partial charge in [0.15, 0.2) is 0 Å². The summed E-state index contributed by atoms with van der Waals surface area (Å²) < 4.78 is 0.